The lowest BCUT2D eigenvalue weighted by Gasteiger charge is -2.05. The summed E-state index contributed by atoms with van der Waals surface area (Å²) in [5, 5.41) is 15.8. The molecular formula is C14H15N5OS. The summed E-state index contributed by atoms with van der Waals surface area (Å²) in [7, 11) is 0. The number of fused-ring (bicyclic) bond motifs is 1. The highest BCUT2D eigenvalue weighted by atomic mass is 32.1. The van der Waals surface area contributed by atoms with Crippen molar-refractivity contribution >= 4 is 22.2 Å². The Morgan fingerprint density at radius 3 is 2.90 bits per heavy atom. The first-order valence-corrected chi connectivity index (χ1v) is 7.50. The average molecular weight is 301 g/mol. The van der Waals surface area contributed by atoms with Gasteiger partial charge in [0, 0.05) is 19.4 Å². The minimum Gasteiger partial charge on any atom is -0.352 e. The van der Waals surface area contributed by atoms with E-state index < -0.39 is 0 Å². The van der Waals surface area contributed by atoms with Crippen LogP contribution in [-0.2, 0) is 17.8 Å². The van der Waals surface area contributed by atoms with Crippen LogP contribution in [-0.4, -0.2) is 25.7 Å². The molecule has 0 fully saturated rings. The fourth-order valence-corrected chi connectivity index (χ4v) is 2.73. The van der Waals surface area contributed by atoms with Crippen molar-refractivity contribution in [1.82, 2.24) is 25.1 Å². The number of hydrogen-bond acceptors (Lipinski definition) is 5. The summed E-state index contributed by atoms with van der Waals surface area (Å²) in [4.78, 5) is 12.6. The Morgan fingerprint density at radius 1 is 1.33 bits per heavy atom. The molecule has 1 aromatic carbocycles. The Balaban J connectivity index is 1.48. The van der Waals surface area contributed by atoms with Crippen molar-refractivity contribution in [2.75, 3.05) is 0 Å². The van der Waals surface area contributed by atoms with Crippen molar-refractivity contribution < 1.29 is 4.79 Å². The molecule has 6 nitrogen and oxygen atoms in total. The van der Waals surface area contributed by atoms with Crippen LogP contribution in [0.2, 0.25) is 0 Å². The number of hydrogen-bond donors (Lipinski definition) is 1. The van der Waals surface area contributed by atoms with Crippen molar-refractivity contribution in [3.8, 4) is 0 Å². The van der Waals surface area contributed by atoms with Gasteiger partial charge in [-0.2, -0.15) is 9.61 Å². The van der Waals surface area contributed by atoms with E-state index in [1.165, 1.54) is 16.9 Å². The molecule has 21 heavy (non-hydrogen) atoms. The number of aromatic nitrogens is 4. The molecule has 3 rings (SSSR count). The van der Waals surface area contributed by atoms with Crippen LogP contribution in [0.5, 0.6) is 0 Å². The van der Waals surface area contributed by atoms with Crippen molar-refractivity contribution in [1.29, 1.82) is 0 Å². The lowest BCUT2D eigenvalue weighted by atomic mass is 10.1. The SMILES string of the molecule is Cc1ccc(CNC(=O)CCc2nn3cnnc3s2)cc1. The fourth-order valence-electron chi connectivity index (χ4n) is 1.92. The van der Waals surface area contributed by atoms with Gasteiger partial charge in [0.25, 0.3) is 0 Å². The second-order valence-corrected chi connectivity index (χ2v) is 5.86. The number of rotatable bonds is 5. The minimum absolute atomic E-state index is 0.0292. The topological polar surface area (TPSA) is 72.2 Å². The molecule has 2 heterocycles. The van der Waals surface area contributed by atoms with E-state index in [-0.39, 0.29) is 5.91 Å². The molecule has 108 valence electrons. The first kappa shape index (κ1) is 13.7. The van der Waals surface area contributed by atoms with Gasteiger partial charge in [-0.1, -0.05) is 41.2 Å². The number of carbonyl (C=O) groups is 1. The van der Waals surface area contributed by atoms with Crippen LogP contribution in [0.15, 0.2) is 30.6 Å². The Morgan fingerprint density at radius 2 is 2.14 bits per heavy atom. The third-order valence-electron chi connectivity index (χ3n) is 3.10. The maximum Gasteiger partial charge on any atom is 0.234 e. The van der Waals surface area contributed by atoms with Crippen molar-refractivity contribution in [3.05, 3.63) is 46.7 Å². The van der Waals surface area contributed by atoms with Gasteiger partial charge >= 0.3 is 0 Å². The Hall–Kier alpha value is -2.28. The summed E-state index contributed by atoms with van der Waals surface area (Å²) in [5.74, 6) is 0.0292. The average Bonchev–Trinajstić information content (AvgIpc) is 3.05. The Labute approximate surface area is 125 Å². The van der Waals surface area contributed by atoms with Crippen LogP contribution < -0.4 is 5.32 Å². The maximum atomic E-state index is 11.8. The number of amides is 1. The van der Waals surface area contributed by atoms with Crippen LogP contribution in [0.3, 0.4) is 0 Å². The molecule has 0 unspecified atom stereocenters. The zero-order valence-corrected chi connectivity index (χ0v) is 12.4. The van der Waals surface area contributed by atoms with E-state index in [4.69, 9.17) is 0 Å². The highest BCUT2D eigenvalue weighted by Crippen LogP contribution is 2.13. The van der Waals surface area contributed by atoms with Gasteiger partial charge in [0.05, 0.1) is 0 Å². The second-order valence-electron chi connectivity index (χ2n) is 4.82. The lowest BCUT2D eigenvalue weighted by Crippen LogP contribution is -2.22. The number of benzene rings is 1. The summed E-state index contributed by atoms with van der Waals surface area (Å²) >= 11 is 1.46. The van der Waals surface area contributed by atoms with Crippen LogP contribution >= 0.6 is 11.3 Å². The fraction of sp³-hybridized carbons (Fsp3) is 0.286. The highest BCUT2D eigenvalue weighted by molar-refractivity contribution is 7.16. The zero-order valence-electron chi connectivity index (χ0n) is 11.6. The van der Waals surface area contributed by atoms with E-state index in [1.807, 2.05) is 31.2 Å². The lowest BCUT2D eigenvalue weighted by molar-refractivity contribution is -0.121. The van der Waals surface area contributed by atoms with Gasteiger partial charge in [0.2, 0.25) is 10.9 Å². The molecule has 0 spiro atoms. The molecule has 0 aliphatic heterocycles. The third-order valence-corrected chi connectivity index (χ3v) is 4.08. The van der Waals surface area contributed by atoms with Gasteiger partial charge in [-0.05, 0) is 12.5 Å². The molecule has 0 atom stereocenters. The van der Waals surface area contributed by atoms with Crippen LogP contribution in [0.25, 0.3) is 4.96 Å². The Kier molecular flexibility index (Phi) is 3.92. The molecule has 0 saturated heterocycles. The molecule has 0 aliphatic rings. The standard InChI is InChI=1S/C14H15N5OS/c1-10-2-4-11(5-3-10)8-15-12(20)6-7-13-18-19-9-16-17-14(19)21-13/h2-5,9H,6-8H2,1H3,(H,15,20). The summed E-state index contributed by atoms with van der Waals surface area (Å²) in [6.45, 7) is 2.60. The van der Waals surface area contributed by atoms with Gasteiger partial charge < -0.3 is 5.32 Å². The summed E-state index contributed by atoms with van der Waals surface area (Å²) in [6, 6.07) is 8.14. The predicted molar refractivity (Wildman–Crippen MR) is 80.0 cm³/mol. The van der Waals surface area contributed by atoms with E-state index in [1.54, 1.807) is 10.8 Å². The van der Waals surface area contributed by atoms with Crippen molar-refractivity contribution in [3.63, 3.8) is 0 Å². The van der Waals surface area contributed by atoms with E-state index in [9.17, 15) is 4.79 Å². The van der Waals surface area contributed by atoms with Gasteiger partial charge in [-0.25, -0.2) is 0 Å². The summed E-state index contributed by atoms with van der Waals surface area (Å²) in [6.07, 6.45) is 2.61. The van der Waals surface area contributed by atoms with E-state index in [0.717, 1.165) is 15.5 Å². The molecule has 7 heteroatoms. The monoisotopic (exact) mass is 301 g/mol. The second kappa shape index (κ2) is 6.01. The maximum absolute atomic E-state index is 11.8. The first-order chi connectivity index (χ1) is 10.2. The van der Waals surface area contributed by atoms with Gasteiger partial charge in [-0.15, -0.1) is 10.2 Å². The molecule has 1 amide bonds. The quantitative estimate of drug-likeness (QED) is 0.779. The molecule has 0 saturated carbocycles. The molecule has 0 bridgehead atoms. The van der Waals surface area contributed by atoms with Crippen LogP contribution in [0, 0.1) is 6.92 Å². The normalized spacial score (nSPS) is 10.9. The van der Waals surface area contributed by atoms with Crippen LogP contribution in [0.1, 0.15) is 22.6 Å². The third kappa shape index (κ3) is 3.43. The summed E-state index contributed by atoms with van der Waals surface area (Å²) < 4.78 is 1.63. The molecular weight excluding hydrogens is 286 g/mol. The van der Waals surface area contributed by atoms with E-state index >= 15 is 0 Å². The smallest absolute Gasteiger partial charge is 0.234 e. The predicted octanol–water partition coefficient (Wildman–Crippen LogP) is 1.74. The number of carbonyl (C=O) groups excluding carboxylic acids is 1. The van der Waals surface area contributed by atoms with Crippen LogP contribution in [0.4, 0.5) is 0 Å². The van der Waals surface area contributed by atoms with Gasteiger partial charge in [0.1, 0.15) is 11.3 Å². The van der Waals surface area contributed by atoms with Crippen molar-refractivity contribution in [2.45, 2.75) is 26.3 Å². The molecule has 1 N–H and O–H groups in total. The van der Waals surface area contributed by atoms with Gasteiger partial charge in [-0.3, -0.25) is 4.79 Å². The van der Waals surface area contributed by atoms with E-state index in [2.05, 4.69) is 20.6 Å². The molecule has 0 aliphatic carbocycles. The largest absolute Gasteiger partial charge is 0.352 e. The number of aryl methyl sites for hydroxylation is 2. The van der Waals surface area contributed by atoms with E-state index in [0.29, 0.717) is 19.4 Å². The Bertz CT molecular complexity index is 718. The summed E-state index contributed by atoms with van der Waals surface area (Å²) in [5.41, 5.74) is 2.32. The van der Waals surface area contributed by atoms with Crippen molar-refractivity contribution in [2.24, 2.45) is 0 Å². The number of nitrogens with one attached hydrogen (secondary N) is 1. The molecule has 3 aromatic rings. The zero-order chi connectivity index (χ0) is 14.7. The molecule has 2 aromatic heterocycles. The highest BCUT2D eigenvalue weighted by Gasteiger charge is 2.08. The first-order valence-electron chi connectivity index (χ1n) is 6.69. The van der Waals surface area contributed by atoms with Gasteiger partial charge in [0.15, 0.2) is 0 Å². The molecule has 0 radical (unpaired) electrons. The number of nitrogens with zero attached hydrogens (tertiary/aromatic N) is 4. The minimum atomic E-state index is 0.0292.